The number of aryl methyl sites for hydroxylation is 1. The van der Waals surface area contributed by atoms with Crippen molar-refractivity contribution in [3.8, 4) is 6.07 Å². The second-order valence-electron chi connectivity index (χ2n) is 8.20. The van der Waals surface area contributed by atoms with Gasteiger partial charge in [-0.3, -0.25) is 9.69 Å². The number of aromatic nitrogens is 2. The fraction of sp³-hybridized carbons (Fsp3) is 0.545. The highest BCUT2D eigenvalue weighted by atomic mass is 32.1. The van der Waals surface area contributed by atoms with Crippen LogP contribution in [0.15, 0.2) is 18.3 Å². The Morgan fingerprint density at radius 2 is 2.23 bits per heavy atom. The lowest BCUT2D eigenvalue weighted by Crippen LogP contribution is -2.42. The maximum atomic E-state index is 12.7. The zero-order valence-electron chi connectivity index (χ0n) is 17.4. The van der Waals surface area contributed by atoms with E-state index in [1.807, 2.05) is 19.2 Å². The lowest BCUT2D eigenvalue weighted by molar-refractivity contribution is -0.117. The molecule has 2 aliphatic rings. The van der Waals surface area contributed by atoms with Gasteiger partial charge in [0.1, 0.15) is 11.1 Å². The minimum atomic E-state index is -0.0607. The van der Waals surface area contributed by atoms with Crippen molar-refractivity contribution in [2.75, 3.05) is 36.9 Å². The number of carbonyl (C=O) groups excluding carboxylic acids is 1. The number of hydrogen-bond acceptors (Lipinski definition) is 7. The number of likely N-dealkylation sites (N-methyl/N-ethyl adjacent to an activating group) is 1. The Morgan fingerprint density at radius 1 is 1.37 bits per heavy atom. The Kier molecular flexibility index (Phi) is 6.60. The first-order valence-electron chi connectivity index (χ1n) is 10.7. The largest absolute Gasteiger partial charge is 0.351 e. The third-order valence-corrected chi connectivity index (χ3v) is 7.16. The van der Waals surface area contributed by atoms with Gasteiger partial charge in [-0.2, -0.15) is 10.4 Å². The van der Waals surface area contributed by atoms with Crippen molar-refractivity contribution in [3.63, 3.8) is 0 Å². The lowest BCUT2D eigenvalue weighted by atomic mass is 10.1. The highest BCUT2D eigenvalue weighted by Gasteiger charge is 2.27. The van der Waals surface area contributed by atoms with Gasteiger partial charge in [-0.25, -0.2) is 0 Å². The van der Waals surface area contributed by atoms with E-state index >= 15 is 0 Å². The molecular formula is C22H28N6OS. The summed E-state index contributed by atoms with van der Waals surface area (Å²) < 4.78 is 0. The minimum Gasteiger partial charge on any atom is -0.351 e. The Labute approximate surface area is 181 Å². The van der Waals surface area contributed by atoms with Gasteiger partial charge in [-0.15, -0.1) is 16.4 Å². The third-order valence-electron chi connectivity index (χ3n) is 5.95. The summed E-state index contributed by atoms with van der Waals surface area (Å²) in [4.78, 5) is 18.3. The van der Waals surface area contributed by atoms with E-state index in [4.69, 9.17) is 0 Å². The van der Waals surface area contributed by atoms with Crippen LogP contribution in [0.3, 0.4) is 0 Å². The minimum absolute atomic E-state index is 0.0607. The number of rotatable bonds is 6. The summed E-state index contributed by atoms with van der Waals surface area (Å²) in [7, 11) is 1.97. The van der Waals surface area contributed by atoms with Crippen LogP contribution in [0.4, 0.5) is 10.8 Å². The molecule has 2 aromatic rings. The van der Waals surface area contributed by atoms with Crippen LogP contribution in [-0.4, -0.2) is 53.7 Å². The normalized spacial score (nSPS) is 18.7. The van der Waals surface area contributed by atoms with E-state index in [9.17, 15) is 10.1 Å². The molecule has 7 nitrogen and oxygen atoms in total. The fourth-order valence-electron chi connectivity index (χ4n) is 4.56. The molecule has 1 N–H and O–H groups in total. The van der Waals surface area contributed by atoms with Crippen LogP contribution in [0, 0.1) is 11.3 Å². The van der Waals surface area contributed by atoms with E-state index in [0.29, 0.717) is 18.2 Å². The molecule has 2 aromatic heterocycles. The van der Waals surface area contributed by atoms with Crippen LogP contribution in [-0.2, 0) is 17.6 Å². The van der Waals surface area contributed by atoms with Crippen molar-refractivity contribution in [3.05, 3.63) is 34.3 Å². The topological polar surface area (TPSA) is 85.2 Å². The van der Waals surface area contributed by atoms with Gasteiger partial charge in [0.25, 0.3) is 0 Å². The summed E-state index contributed by atoms with van der Waals surface area (Å²) in [5.74, 6) is 0.839. The van der Waals surface area contributed by atoms with Gasteiger partial charge in [-0.05, 0) is 63.3 Å². The van der Waals surface area contributed by atoms with Gasteiger partial charge >= 0.3 is 0 Å². The number of nitriles is 1. The highest BCUT2D eigenvalue weighted by Crippen LogP contribution is 2.37. The standard InChI is InChI=1S/C22H28N6OS/c1-27(14-16-7-6-12-28(16)20-10-5-11-24-26-20)15-21(29)25-22-18(13-23)17-8-3-2-4-9-19(17)30-22/h5,10-11,16H,2-4,6-9,12,14-15H2,1H3,(H,25,29). The quantitative estimate of drug-likeness (QED) is 0.717. The van der Waals surface area contributed by atoms with Gasteiger partial charge in [0.2, 0.25) is 5.91 Å². The summed E-state index contributed by atoms with van der Waals surface area (Å²) in [6.45, 7) is 2.06. The van der Waals surface area contributed by atoms with Crippen LogP contribution in [0.5, 0.6) is 0 Å². The smallest absolute Gasteiger partial charge is 0.239 e. The Morgan fingerprint density at radius 3 is 3.03 bits per heavy atom. The Hall–Kier alpha value is -2.50. The van der Waals surface area contributed by atoms with E-state index in [0.717, 1.165) is 68.0 Å². The number of anilines is 2. The molecule has 1 atom stereocenters. The molecule has 1 unspecified atom stereocenters. The van der Waals surface area contributed by atoms with E-state index in [2.05, 4.69) is 31.4 Å². The van der Waals surface area contributed by atoms with Crippen molar-refractivity contribution < 1.29 is 4.79 Å². The number of nitrogens with one attached hydrogen (secondary N) is 1. The average Bonchev–Trinajstić information content (AvgIpc) is 3.25. The first kappa shape index (κ1) is 20.8. The van der Waals surface area contributed by atoms with Crippen LogP contribution in [0.2, 0.25) is 0 Å². The van der Waals surface area contributed by atoms with Crippen molar-refractivity contribution in [1.82, 2.24) is 15.1 Å². The molecular weight excluding hydrogens is 396 g/mol. The van der Waals surface area contributed by atoms with Gasteiger partial charge in [-0.1, -0.05) is 6.42 Å². The van der Waals surface area contributed by atoms with E-state index < -0.39 is 0 Å². The summed E-state index contributed by atoms with van der Waals surface area (Å²) in [5, 5.41) is 21.6. The Bertz CT molecular complexity index is 922. The predicted octanol–water partition coefficient (Wildman–Crippen LogP) is 3.22. The number of carbonyl (C=O) groups is 1. The summed E-state index contributed by atoms with van der Waals surface area (Å²) in [6, 6.07) is 6.56. The second-order valence-corrected chi connectivity index (χ2v) is 9.30. The molecule has 4 rings (SSSR count). The third kappa shape index (κ3) is 4.63. The van der Waals surface area contributed by atoms with Gasteiger partial charge in [0, 0.05) is 30.2 Å². The number of hydrogen-bond donors (Lipinski definition) is 1. The van der Waals surface area contributed by atoms with Crippen molar-refractivity contribution in [1.29, 1.82) is 5.26 Å². The van der Waals surface area contributed by atoms with E-state index in [1.165, 1.54) is 11.3 Å². The van der Waals surface area contributed by atoms with Crippen molar-refractivity contribution in [2.45, 2.75) is 51.0 Å². The lowest BCUT2D eigenvalue weighted by Gasteiger charge is -2.28. The molecule has 1 fully saturated rings. The number of nitrogens with zero attached hydrogens (tertiary/aromatic N) is 5. The predicted molar refractivity (Wildman–Crippen MR) is 119 cm³/mol. The van der Waals surface area contributed by atoms with Crippen molar-refractivity contribution >= 4 is 28.1 Å². The maximum absolute atomic E-state index is 12.7. The van der Waals surface area contributed by atoms with Gasteiger partial charge in [0.15, 0.2) is 5.82 Å². The summed E-state index contributed by atoms with van der Waals surface area (Å²) in [5.41, 5.74) is 1.84. The SMILES string of the molecule is CN(CC(=O)Nc1sc2c(c1C#N)CCCCC2)CC1CCCN1c1cccnn1. The number of thiophene rings is 1. The Balaban J connectivity index is 1.36. The zero-order chi connectivity index (χ0) is 20.9. The van der Waals surface area contributed by atoms with Crippen LogP contribution in [0.25, 0.3) is 0 Å². The molecule has 0 spiro atoms. The van der Waals surface area contributed by atoms with Crippen LogP contribution >= 0.6 is 11.3 Å². The van der Waals surface area contributed by atoms with Gasteiger partial charge in [0.05, 0.1) is 12.1 Å². The number of amides is 1. The first-order valence-corrected chi connectivity index (χ1v) is 11.5. The summed E-state index contributed by atoms with van der Waals surface area (Å²) in [6.07, 6.45) is 9.35. The zero-order valence-corrected chi connectivity index (χ0v) is 18.2. The van der Waals surface area contributed by atoms with Gasteiger partial charge < -0.3 is 10.2 Å². The molecule has 0 aromatic carbocycles. The monoisotopic (exact) mass is 424 g/mol. The van der Waals surface area contributed by atoms with Crippen molar-refractivity contribution in [2.24, 2.45) is 0 Å². The molecule has 3 heterocycles. The second kappa shape index (κ2) is 9.54. The molecule has 30 heavy (non-hydrogen) atoms. The summed E-state index contributed by atoms with van der Waals surface area (Å²) >= 11 is 1.59. The molecule has 8 heteroatoms. The molecule has 0 radical (unpaired) electrons. The molecule has 0 bridgehead atoms. The number of fused-ring (bicyclic) bond motifs is 1. The fourth-order valence-corrected chi connectivity index (χ4v) is 5.81. The maximum Gasteiger partial charge on any atom is 0.239 e. The molecule has 1 amide bonds. The average molecular weight is 425 g/mol. The highest BCUT2D eigenvalue weighted by molar-refractivity contribution is 7.16. The molecule has 1 saturated heterocycles. The van der Waals surface area contributed by atoms with E-state index in [-0.39, 0.29) is 5.91 Å². The molecule has 1 aliphatic carbocycles. The molecule has 0 saturated carbocycles. The van der Waals surface area contributed by atoms with Crippen LogP contribution < -0.4 is 10.2 Å². The van der Waals surface area contributed by atoms with Crippen LogP contribution in [0.1, 0.15) is 48.1 Å². The van der Waals surface area contributed by atoms with E-state index in [1.54, 1.807) is 17.5 Å². The molecule has 158 valence electrons. The molecule has 1 aliphatic heterocycles. The first-order chi connectivity index (χ1) is 14.7.